The van der Waals surface area contributed by atoms with Crippen molar-refractivity contribution in [2.45, 2.75) is 27.7 Å². The van der Waals surface area contributed by atoms with Gasteiger partial charge in [-0.3, -0.25) is 9.59 Å². The van der Waals surface area contributed by atoms with Crippen LogP contribution in [0, 0.1) is 27.7 Å². The molecule has 6 rings (SSSR count). The third-order valence-electron chi connectivity index (χ3n) is 7.23. The number of nitrogens with zero attached hydrogens (tertiary/aromatic N) is 8. The molecule has 0 aliphatic heterocycles. The van der Waals surface area contributed by atoms with E-state index in [1.165, 1.54) is 33.6 Å². The summed E-state index contributed by atoms with van der Waals surface area (Å²) in [5.74, 6) is -2.71. The number of carboxylic acids is 2. The smallest absolute Gasteiger partial charge is 0.589 e. The van der Waals surface area contributed by atoms with Crippen LogP contribution in [0.5, 0.6) is 0 Å². The van der Waals surface area contributed by atoms with Gasteiger partial charge in [0.2, 0.25) is 0 Å². The van der Waals surface area contributed by atoms with Crippen molar-refractivity contribution in [1.29, 1.82) is 0 Å². The molecule has 0 amide bonds. The molecule has 6 aromatic rings. The van der Waals surface area contributed by atoms with Crippen molar-refractivity contribution in [2.24, 2.45) is 20.5 Å². The maximum atomic E-state index is 12.6. The Morgan fingerprint density at radius 1 is 0.558 bits per heavy atom. The van der Waals surface area contributed by atoms with Gasteiger partial charge in [0.15, 0.2) is 0 Å². The molecule has 0 aliphatic rings. The second-order valence-electron chi connectivity index (χ2n) is 11.0. The standard InChI is InChI=1S/2C18H16N4O3.Cr.Na/c2*1-11-6-5-7-13(10-11)22-17(23)16(12(2)21-22)20-19-15-9-4-3-8-14(15)18(24)25;;/h2*3-10H,1-2H3,(H2,19,21,23,24,25);;/q;;+3;+1/p-4. The van der Waals surface area contributed by atoms with E-state index in [0.29, 0.717) is 22.8 Å². The molecular weight excluding hydrogens is 715 g/mol. The first kappa shape index (κ1) is 41.0. The Morgan fingerprint density at radius 3 is 1.27 bits per heavy atom. The summed E-state index contributed by atoms with van der Waals surface area (Å²) in [4.78, 5) is 47.3. The largest absolute Gasteiger partial charge is 3.00 e. The Balaban J connectivity index is 0.000000270. The van der Waals surface area contributed by atoms with Crippen molar-refractivity contribution in [3.8, 4) is 11.4 Å². The van der Waals surface area contributed by atoms with Gasteiger partial charge in [-0.15, -0.1) is 31.8 Å². The second-order valence-corrected chi connectivity index (χ2v) is 11.0. The summed E-state index contributed by atoms with van der Waals surface area (Å²) >= 11 is 0. The molecule has 0 spiro atoms. The van der Waals surface area contributed by atoms with E-state index in [1.807, 2.05) is 50.2 Å². The quantitative estimate of drug-likeness (QED) is 0.164. The zero-order chi connectivity index (χ0) is 35.9. The minimum atomic E-state index is -1.36. The van der Waals surface area contributed by atoms with E-state index in [2.05, 4.69) is 30.7 Å². The number of aryl methyl sites for hydroxylation is 4. The molecule has 16 heteroatoms. The fourth-order valence-corrected chi connectivity index (χ4v) is 4.77. The van der Waals surface area contributed by atoms with Crippen LogP contribution in [0.3, 0.4) is 0 Å². The molecule has 1 radical (unpaired) electrons. The zero-order valence-electron chi connectivity index (χ0n) is 28.7. The molecule has 2 aromatic heterocycles. The number of azo groups is 2. The molecule has 2 heterocycles. The van der Waals surface area contributed by atoms with Crippen LogP contribution in [-0.2, 0) is 17.4 Å². The number of carbonyl (C=O) groups is 2. The number of carboxylic acid groups (broad SMARTS) is 2. The van der Waals surface area contributed by atoms with Gasteiger partial charge in [0, 0.05) is 22.5 Å². The van der Waals surface area contributed by atoms with Crippen molar-refractivity contribution >= 4 is 34.7 Å². The van der Waals surface area contributed by atoms with Crippen molar-refractivity contribution in [1.82, 2.24) is 19.6 Å². The Labute approximate surface area is 330 Å². The minimum Gasteiger partial charge on any atom is -0.589 e. The molecule has 4 aromatic carbocycles. The average molecular weight is 744 g/mol. The van der Waals surface area contributed by atoms with Gasteiger partial charge in [0.1, 0.15) is 11.4 Å². The molecule has 0 fully saturated rings. The zero-order valence-corrected chi connectivity index (χ0v) is 31.9. The van der Waals surface area contributed by atoms with E-state index >= 15 is 0 Å². The molecule has 52 heavy (non-hydrogen) atoms. The Bertz CT molecular complexity index is 2240. The SMILES string of the molecule is Cc1cccc(-n2[n-]c(C)c(N=Nc3ccccc3C(=O)[O-])c2=O)c1.Cc1cccc(-n2[n-]c(C)c(N=Nc3ccccc3C(=O)[O-])c2=O)c1.[Cr+3].[Na+]. The van der Waals surface area contributed by atoms with Crippen molar-refractivity contribution in [2.75, 3.05) is 0 Å². The summed E-state index contributed by atoms with van der Waals surface area (Å²) in [5, 5.41) is 46.3. The number of rotatable bonds is 8. The Kier molecular flexibility index (Phi) is 14.3. The van der Waals surface area contributed by atoms with E-state index < -0.39 is 23.1 Å². The van der Waals surface area contributed by atoms with Crippen LogP contribution < -0.4 is 61.1 Å². The molecule has 14 nitrogen and oxygen atoms in total. The van der Waals surface area contributed by atoms with E-state index in [-0.39, 0.29) is 80.8 Å². The van der Waals surface area contributed by atoms with Crippen LogP contribution in [-0.4, -0.2) is 21.3 Å². The summed E-state index contributed by atoms with van der Waals surface area (Å²) in [7, 11) is 0. The van der Waals surface area contributed by atoms with Gasteiger partial charge < -0.3 is 39.4 Å². The minimum absolute atomic E-state index is 0. The molecule has 0 bridgehead atoms. The Hall–Kier alpha value is -5.43. The number of hydrogen-bond donors (Lipinski definition) is 0. The fraction of sp³-hybridized carbons (Fsp3) is 0.111. The first-order valence-electron chi connectivity index (χ1n) is 15.1. The van der Waals surface area contributed by atoms with Crippen LogP contribution in [0.1, 0.15) is 43.2 Å². The second kappa shape index (κ2) is 18.2. The van der Waals surface area contributed by atoms with Crippen LogP contribution in [0.25, 0.3) is 11.4 Å². The van der Waals surface area contributed by atoms with Crippen LogP contribution in [0.4, 0.5) is 22.7 Å². The maximum absolute atomic E-state index is 12.6. The predicted molar refractivity (Wildman–Crippen MR) is 180 cm³/mol. The van der Waals surface area contributed by atoms with E-state index in [9.17, 15) is 29.4 Å². The van der Waals surface area contributed by atoms with Gasteiger partial charge in [0.05, 0.1) is 23.3 Å². The summed E-state index contributed by atoms with van der Waals surface area (Å²) in [6, 6.07) is 26.8. The maximum Gasteiger partial charge on any atom is 3.00 e. The van der Waals surface area contributed by atoms with E-state index in [4.69, 9.17) is 0 Å². The van der Waals surface area contributed by atoms with Gasteiger partial charge in [-0.1, -0.05) is 74.5 Å². The molecule has 255 valence electrons. The summed E-state index contributed by atoms with van der Waals surface area (Å²) in [6.45, 7) is 7.13. The average Bonchev–Trinajstić information content (AvgIpc) is 3.55. The number of benzene rings is 4. The third kappa shape index (κ3) is 9.46. The molecule has 0 atom stereocenters. The molecule has 0 N–H and O–H groups in total. The Morgan fingerprint density at radius 2 is 0.923 bits per heavy atom. The van der Waals surface area contributed by atoms with Gasteiger partial charge in [-0.25, -0.2) is 0 Å². The third-order valence-corrected chi connectivity index (χ3v) is 7.23. The van der Waals surface area contributed by atoms with E-state index in [0.717, 1.165) is 11.1 Å². The monoisotopic (exact) mass is 743 g/mol. The first-order chi connectivity index (χ1) is 23.9. The first-order valence-corrected chi connectivity index (χ1v) is 15.1. The number of hydrogen-bond acceptors (Lipinski definition) is 10. The molecule has 0 aliphatic carbocycles. The predicted octanol–water partition coefficient (Wildman–Crippen LogP) is 1.38. The molecule has 0 unspecified atom stereocenters. The summed E-state index contributed by atoms with van der Waals surface area (Å²) < 4.78 is 2.50. The van der Waals surface area contributed by atoms with Gasteiger partial charge in [-0.05, 0) is 61.4 Å². The van der Waals surface area contributed by atoms with Crippen LogP contribution >= 0.6 is 0 Å². The normalized spacial score (nSPS) is 10.7. The number of aromatic carboxylic acids is 2. The summed E-state index contributed by atoms with van der Waals surface area (Å²) in [6.07, 6.45) is 0. The topological polar surface area (TPSA) is 202 Å². The van der Waals surface area contributed by atoms with Gasteiger partial charge >= 0.3 is 46.9 Å². The van der Waals surface area contributed by atoms with Crippen LogP contribution in [0.2, 0.25) is 0 Å². The van der Waals surface area contributed by atoms with Crippen LogP contribution in [0.15, 0.2) is 127 Å². The van der Waals surface area contributed by atoms with Crippen molar-refractivity contribution in [3.05, 3.63) is 151 Å². The van der Waals surface area contributed by atoms with E-state index in [1.54, 1.807) is 50.2 Å². The van der Waals surface area contributed by atoms with Gasteiger partial charge in [-0.2, -0.15) is 0 Å². The number of carbonyl (C=O) groups excluding carboxylic acids is 2. The molecule has 0 saturated carbocycles. The number of aromatic nitrogens is 4. The molecule has 0 saturated heterocycles. The van der Waals surface area contributed by atoms with Crippen molar-refractivity contribution < 1.29 is 66.7 Å². The molecular formula is C36H28CrN8NaO6. The fourth-order valence-electron chi connectivity index (χ4n) is 4.77. The summed E-state index contributed by atoms with van der Waals surface area (Å²) in [5.41, 5.74) is 3.39. The van der Waals surface area contributed by atoms with Gasteiger partial charge in [0.25, 0.3) is 11.1 Å². The van der Waals surface area contributed by atoms with Crippen molar-refractivity contribution in [3.63, 3.8) is 0 Å².